The number of carbonyl (C=O) groups is 5. The van der Waals surface area contributed by atoms with Crippen molar-refractivity contribution >= 4 is 35.6 Å². The average Bonchev–Trinajstić information content (AvgIpc) is 3.74. The van der Waals surface area contributed by atoms with E-state index in [0.717, 1.165) is 34.4 Å². The number of aryl methyl sites for hydroxylation is 2. The zero-order chi connectivity index (χ0) is 33.9. The molecule has 47 heavy (non-hydrogen) atoms. The summed E-state index contributed by atoms with van der Waals surface area (Å²) >= 11 is 0. The molecule has 4 aliphatic rings. The van der Waals surface area contributed by atoms with E-state index in [1.165, 1.54) is 12.1 Å². The van der Waals surface area contributed by atoms with Crippen molar-refractivity contribution in [3.63, 3.8) is 0 Å². The van der Waals surface area contributed by atoms with Gasteiger partial charge in [-0.15, -0.1) is 0 Å². The Kier molecular flexibility index (Phi) is 8.04. The number of imide groups is 1. The molecule has 2 fully saturated rings. The van der Waals surface area contributed by atoms with E-state index in [4.69, 9.17) is 9.47 Å². The fraction of sp³-hybridized carbons (Fsp3) is 0.514. The van der Waals surface area contributed by atoms with Gasteiger partial charge in [-0.3, -0.25) is 14.4 Å². The van der Waals surface area contributed by atoms with Gasteiger partial charge >= 0.3 is 12.2 Å². The smallest absolute Gasteiger partial charge is 0.418 e. The predicted molar refractivity (Wildman–Crippen MR) is 168 cm³/mol. The van der Waals surface area contributed by atoms with Crippen molar-refractivity contribution in [1.82, 2.24) is 15.1 Å². The largest absolute Gasteiger partial charge is 0.444 e. The number of benzene rings is 2. The maximum absolute atomic E-state index is 14.0. The third-order valence-electron chi connectivity index (χ3n) is 9.40. The highest BCUT2D eigenvalue weighted by molar-refractivity contribution is 6.06. The van der Waals surface area contributed by atoms with Gasteiger partial charge in [-0.2, -0.15) is 0 Å². The molecule has 5 amide bonds. The van der Waals surface area contributed by atoms with Crippen LogP contribution in [0.15, 0.2) is 36.4 Å². The van der Waals surface area contributed by atoms with Crippen LogP contribution in [-0.4, -0.2) is 63.4 Å². The van der Waals surface area contributed by atoms with E-state index in [9.17, 15) is 28.4 Å². The third kappa shape index (κ3) is 6.42. The Balaban J connectivity index is 1.15. The van der Waals surface area contributed by atoms with Crippen molar-refractivity contribution in [3.8, 4) is 0 Å². The fourth-order valence-electron chi connectivity index (χ4n) is 6.85. The molecular formula is C35H41FN4O7. The van der Waals surface area contributed by atoms with Crippen LogP contribution >= 0.6 is 0 Å². The fourth-order valence-corrected chi connectivity index (χ4v) is 6.85. The summed E-state index contributed by atoms with van der Waals surface area (Å²) < 4.78 is 25.0. The number of carbonyl (C=O) groups excluding carboxylic acids is 5. The Labute approximate surface area is 273 Å². The summed E-state index contributed by atoms with van der Waals surface area (Å²) in [5.41, 5.74) is -0.148. The lowest BCUT2D eigenvalue weighted by Crippen LogP contribution is -2.53. The molecule has 2 atom stereocenters. The summed E-state index contributed by atoms with van der Waals surface area (Å²) in [6.45, 7) is 8.14. The van der Waals surface area contributed by atoms with Crippen molar-refractivity contribution in [3.05, 3.63) is 64.5 Å². The molecule has 12 heteroatoms. The molecule has 1 saturated heterocycles. The molecule has 250 valence electrons. The average molecular weight is 649 g/mol. The number of rotatable bonds is 6. The van der Waals surface area contributed by atoms with Crippen molar-refractivity contribution in [2.24, 2.45) is 5.92 Å². The molecule has 0 unspecified atom stereocenters. The molecule has 0 radical (unpaired) electrons. The van der Waals surface area contributed by atoms with Gasteiger partial charge in [0.25, 0.3) is 5.91 Å². The first kappa shape index (κ1) is 32.5. The number of anilines is 1. The monoisotopic (exact) mass is 648 g/mol. The summed E-state index contributed by atoms with van der Waals surface area (Å²) in [6.07, 6.45) is 2.37. The summed E-state index contributed by atoms with van der Waals surface area (Å²) in [6, 6.07) is 9.55. The van der Waals surface area contributed by atoms with Crippen LogP contribution in [0.4, 0.5) is 19.7 Å². The Morgan fingerprint density at radius 3 is 2.43 bits per heavy atom. The molecule has 0 aromatic heterocycles. The van der Waals surface area contributed by atoms with E-state index in [1.54, 1.807) is 63.8 Å². The van der Waals surface area contributed by atoms with Gasteiger partial charge in [0.1, 0.15) is 23.5 Å². The maximum atomic E-state index is 14.0. The van der Waals surface area contributed by atoms with E-state index in [-0.39, 0.29) is 24.2 Å². The van der Waals surface area contributed by atoms with E-state index >= 15 is 0 Å². The lowest BCUT2D eigenvalue weighted by Gasteiger charge is -2.31. The summed E-state index contributed by atoms with van der Waals surface area (Å²) in [5, 5.41) is 5.38. The minimum atomic E-state index is -1.55. The van der Waals surface area contributed by atoms with Gasteiger partial charge in [-0.05, 0) is 114 Å². The molecule has 1 spiro atoms. The quantitative estimate of drug-likeness (QED) is 0.453. The number of halogens is 1. The van der Waals surface area contributed by atoms with E-state index in [1.807, 2.05) is 0 Å². The first-order valence-corrected chi connectivity index (χ1v) is 16.1. The first-order valence-electron chi connectivity index (χ1n) is 16.1. The SMILES string of the molecule is CC(C)(C)OC(=O)NC(C)(C)C(=O)Nc1ccc2c(c1)CC[C@@]21OC(=O)N(CC(=O)N2Cc3ccc(F)cc3CC[C@@H]2C2CC2)C1=O. The summed E-state index contributed by atoms with van der Waals surface area (Å²) in [7, 11) is 0. The lowest BCUT2D eigenvalue weighted by molar-refractivity contribution is -0.143. The van der Waals surface area contributed by atoms with Crippen LogP contribution < -0.4 is 10.6 Å². The normalized spacial score (nSPS) is 22.4. The van der Waals surface area contributed by atoms with Gasteiger partial charge in [0.2, 0.25) is 17.4 Å². The molecule has 6 rings (SSSR count). The van der Waals surface area contributed by atoms with Crippen LogP contribution in [0, 0.1) is 11.7 Å². The number of ether oxygens (including phenoxy) is 2. The van der Waals surface area contributed by atoms with Gasteiger partial charge < -0.3 is 25.0 Å². The van der Waals surface area contributed by atoms with Crippen LogP contribution in [0.2, 0.25) is 0 Å². The maximum Gasteiger partial charge on any atom is 0.418 e. The molecule has 2 aromatic rings. The van der Waals surface area contributed by atoms with Crippen molar-refractivity contribution in [2.75, 3.05) is 11.9 Å². The minimum absolute atomic E-state index is 0.0502. The van der Waals surface area contributed by atoms with Crippen molar-refractivity contribution in [1.29, 1.82) is 0 Å². The van der Waals surface area contributed by atoms with Crippen molar-refractivity contribution in [2.45, 2.75) is 102 Å². The van der Waals surface area contributed by atoms with Gasteiger partial charge in [0, 0.05) is 30.3 Å². The number of fused-ring (bicyclic) bond motifs is 3. The molecule has 2 N–H and O–H groups in total. The number of alkyl carbamates (subject to hydrolysis) is 1. The van der Waals surface area contributed by atoms with Crippen LogP contribution in [-0.2, 0) is 48.8 Å². The number of nitrogens with one attached hydrogen (secondary N) is 2. The topological polar surface area (TPSA) is 134 Å². The standard InChI is InChI=1S/C35H41FN4O7/c1-33(2,3)46-31(44)38-34(4,5)29(42)37-25-11-12-26-22(17-25)14-15-35(26)30(43)40(32(45)47-35)19-28(41)39-18-23-8-10-24(36)16-21(23)9-13-27(39)20-6-7-20/h8,10-12,16-17,20,27H,6-7,9,13-15,18-19H2,1-5H3,(H,37,42)(H,38,44)/t27-,35-/m1/s1. The highest BCUT2D eigenvalue weighted by Gasteiger charge is 2.58. The lowest BCUT2D eigenvalue weighted by atomic mass is 9.94. The Bertz CT molecular complexity index is 1660. The Hall–Kier alpha value is -4.48. The van der Waals surface area contributed by atoms with Crippen LogP contribution in [0.5, 0.6) is 0 Å². The zero-order valence-corrected chi connectivity index (χ0v) is 27.4. The molecule has 2 aliphatic carbocycles. The number of hydrogen-bond acceptors (Lipinski definition) is 7. The first-order chi connectivity index (χ1) is 22.1. The third-order valence-corrected chi connectivity index (χ3v) is 9.40. The van der Waals surface area contributed by atoms with Crippen LogP contribution in [0.3, 0.4) is 0 Å². The number of nitrogens with zero attached hydrogens (tertiary/aromatic N) is 2. The number of hydrogen-bond donors (Lipinski definition) is 2. The molecule has 11 nitrogen and oxygen atoms in total. The van der Waals surface area contributed by atoms with E-state index < -0.39 is 47.3 Å². The molecular weight excluding hydrogens is 607 g/mol. The van der Waals surface area contributed by atoms with Crippen molar-refractivity contribution < 1.29 is 37.8 Å². The highest BCUT2D eigenvalue weighted by Crippen LogP contribution is 2.46. The van der Waals surface area contributed by atoms with Gasteiger partial charge in [0.05, 0.1) is 0 Å². The van der Waals surface area contributed by atoms with E-state index in [0.29, 0.717) is 43.0 Å². The molecule has 2 aliphatic heterocycles. The summed E-state index contributed by atoms with van der Waals surface area (Å²) in [4.78, 5) is 68.9. The predicted octanol–water partition coefficient (Wildman–Crippen LogP) is 4.94. The Morgan fingerprint density at radius 2 is 1.72 bits per heavy atom. The molecule has 0 bridgehead atoms. The van der Waals surface area contributed by atoms with Crippen LogP contribution in [0.25, 0.3) is 0 Å². The van der Waals surface area contributed by atoms with E-state index in [2.05, 4.69) is 10.6 Å². The van der Waals surface area contributed by atoms with Gasteiger partial charge in [-0.25, -0.2) is 18.9 Å². The second-order valence-electron chi connectivity index (χ2n) is 14.5. The zero-order valence-electron chi connectivity index (χ0n) is 27.4. The molecule has 2 aromatic carbocycles. The Morgan fingerprint density at radius 1 is 0.979 bits per heavy atom. The molecule has 1 saturated carbocycles. The minimum Gasteiger partial charge on any atom is -0.444 e. The number of amides is 5. The van der Waals surface area contributed by atoms with Gasteiger partial charge in [0.15, 0.2) is 0 Å². The van der Waals surface area contributed by atoms with Gasteiger partial charge in [-0.1, -0.05) is 12.1 Å². The second kappa shape index (κ2) is 11.6. The summed E-state index contributed by atoms with van der Waals surface area (Å²) in [5.74, 6) is -1.38. The second-order valence-corrected chi connectivity index (χ2v) is 14.5. The van der Waals surface area contributed by atoms with Crippen LogP contribution in [0.1, 0.15) is 82.6 Å². The molecule has 2 heterocycles. The highest BCUT2D eigenvalue weighted by atomic mass is 19.1.